The first-order valence-corrected chi connectivity index (χ1v) is 6.65. The average molecular weight is 250 g/mol. The van der Waals surface area contributed by atoms with E-state index >= 15 is 0 Å². The molecule has 1 N–H and O–H groups in total. The molecule has 0 bridgehead atoms. The van der Waals surface area contributed by atoms with E-state index in [0.717, 1.165) is 24.0 Å². The Balaban J connectivity index is 2.28. The fourth-order valence-corrected chi connectivity index (χ4v) is 2.68. The lowest BCUT2D eigenvalue weighted by Gasteiger charge is -2.41. The Morgan fingerprint density at radius 1 is 1.33 bits per heavy atom. The molecular weight excluding hydrogens is 228 g/mol. The Labute approximate surface area is 109 Å². The highest BCUT2D eigenvalue weighted by Gasteiger charge is 2.41. The summed E-state index contributed by atoms with van der Waals surface area (Å²) in [6.07, 6.45) is 0.912. The van der Waals surface area contributed by atoms with Gasteiger partial charge in [-0.25, -0.2) is 0 Å². The van der Waals surface area contributed by atoms with Gasteiger partial charge >= 0.3 is 0 Å². The number of rotatable bonds is 4. The molecule has 1 unspecified atom stereocenters. The number of aliphatic hydroxyl groups is 1. The SMILES string of the molecule is CCOC1(C(O)c2ccccc2C)CCOCC1. The molecule has 18 heavy (non-hydrogen) atoms. The summed E-state index contributed by atoms with van der Waals surface area (Å²) in [5.41, 5.74) is 1.59. The van der Waals surface area contributed by atoms with Crippen molar-refractivity contribution in [3.05, 3.63) is 35.4 Å². The van der Waals surface area contributed by atoms with E-state index in [2.05, 4.69) is 0 Å². The van der Waals surface area contributed by atoms with Crippen molar-refractivity contribution in [3.8, 4) is 0 Å². The lowest BCUT2D eigenvalue weighted by atomic mass is 9.83. The second kappa shape index (κ2) is 5.83. The van der Waals surface area contributed by atoms with Crippen molar-refractivity contribution in [3.63, 3.8) is 0 Å². The Morgan fingerprint density at radius 2 is 2.00 bits per heavy atom. The molecule has 1 saturated heterocycles. The Hall–Kier alpha value is -0.900. The minimum absolute atomic E-state index is 0.487. The molecule has 1 fully saturated rings. The highest BCUT2D eigenvalue weighted by molar-refractivity contribution is 5.29. The minimum Gasteiger partial charge on any atom is -0.385 e. The summed E-state index contributed by atoms with van der Waals surface area (Å²) < 4.78 is 11.3. The number of aliphatic hydroxyl groups excluding tert-OH is 1. The van der Waals surface area contributed by atoms with E-state index in [1.165, 1.54) is 0 Å². The first-order chi connectivity index (χ1) is 8.69. The predicted octanol–water partition coefficient (Wildman–Crippen LogP) is 2.61. The third kappa shape index (κ3) is 2.58. The standard InChI is InChI=1S/C15H22O3/c1-3-18-15(8-10-17-11-9-15)14(16)13-7-5-4-6-12(13)2/h4-7,14,16H,3,8-11H2,1-2H3. The molecule has 0 aromatic heterocycles. The van der Waals surface area contributed by atoms with Crippen LogP contribution in [0.3, 0.4) is 0 Å². The Morgan fingerprint density at radius 3 is 2.61 bits per heavy atom. The van der Waals surface area contributed by atoms with Crippen LogP contribution in [0, 0.1) is 6.92 Å². The van der Waals surface area contributed by atoms with Gasteiger partial charge in [-0.1, -0.05) is 24.3 Å². The van der Waals surface area contributed by atoms with E-state index in [1.807, 2.05) is 38.1 Å². The molecule has 0 aliphatic carbocycles. The zero-order chi connectivity index (χ0) is 13.0. The quantitative estimate of drug-likeness (QED) is 0.892. The van der Waals surface area contributed by atoms with E-state index in [-0.39, 0.29) is 0 Å². The summed E-state index contributed by atoms with van der Waals surface area (Å²) in [4.78, 5) is 0. The number of benzene rings is 1. The molecule has 3 heteroatoms. The second-order valence-corrected chi connectivity index (χ2v) is 4.87. The Bertz CT molecular complexity index is 378. The maximum Gasteiger partial charge on any atom is 0.108 e. The van der Waals surface area contributed by atoms with Crippen LogP contribution in [-0.2, 0) is 9.47 Å². The summed E-state index contributed by atoms with van der Waals surface area (Å²) in [6.45, 7) is 5.92. The van der Waals surface area contributed by atoms with Gasteiger partial charge in [-0.05, 0) is 25.0 Å². The molecular formula is C15H22O3. The second-order valence-electron chi connectivity index (χ2n) is 4.87. The van der Waals surface area contributed by atoms with Gasteiger partial charge in [0.05, 0.1) is 0 Å². The van der Waals surface area contributed by atoms with Gasteiger partial charge in [0.15, 0.2) is 0 Å². The fourth-order valence-electron chi connectivity index (χ4n) is 2.68. The van der Waals surface area contributed by atoms with Gasteiger partial charge < -0.3 is 14.6 Å². The Kier molecular flexibility index (Phi) is 4.38. The largest absolute Gasteiger partial charge is 0.385 e. The third-order valence-corrected chi connectivity index (χ3v) is 3.75. The smallest absolute Gasteiger partial charge is 0.108 e. The van der Waals surface area contributed by atoms with Crippen molar-refractivity contribution >= 4 is 0 Å². The molecule has 2 rings (SSSR count). The van der Waals surface area contributed by atoms with Crippen molar-refractivity contribution in [2.24, 2.45) is 0 Å². The lowest BCUT2D eigenvalue weighted by Crippen LogP contribution is -2.44. The molecule has 0 amide bonds. The zero-order valence-electron chi connectivity index (χ0n) is 11.2. The molecule has 1 aliphatic heterocycles. The minimum atomic E-state index is -0.581. The first kappa shape index (κ1) is 13.5. The molecule has 1 atom stereocenters. The highest BCUT2D eigenvalue weighted by Crippen LogP contribution is 2.38. The number of ether oxygens (including phenoxy) is 2. The van der Waals surface area contributed by atoms with Gasteiger partial charge in [-0.2, -0.15) is 0 Å². The number of aryl methyl sites for hydroxylation is 1. The van der Waals surface area contributed by atoms with Crippen molar-refractivity contribution in [2.45, 2.75) is 38.4 Å². The van der Waals surface area contributed by atoms with E-state index in [4.69, 9.17) is 9.47 Å². The zero-order valence-corrected chi connectivity index (χ0v) is 11.2. The van der Waals surface area contributed by atoms with E-state index in [9.17, 15) is 5.11 Å². The molecule has 1 aromatic rings. The highest BCUT2D eigenvalue weighted by atomic mass is 16.5. The molecule has 1 aromatic carbocycles. The first-order valence-electron chi connectivity index (χ1n) is 6.65. The van der Waals surface area contributed by atoms with Crippen LogP contribution in [0.1, 0.15) is 37.0 Å². The van der Waals surface area contributed by atoms with Gasteiger partial charge in [0.1, 0.15) is 11.7 Å². The fraction of sp³-hybridized carbons (Fsp3) is 0.600. The summed E-state index contributed by atoms with van der Waals surface area (Å²) >= 11 is 0. The van der Waals surface area contributed by atoms with E-state index in [1.54, 1.807) is 0 Å². The van der Waals surface area contributed by atoms with Gasteiger partial charge in [0.25, 0.3) is 0 Å². The molecule has 0 radical (unpaired) electrons. The van der Waals surface area contributed by atoms with Gasteiger partial charge in [0.2, 0.25) is 0 Å². The van der Waals surface area contributed by atoms with Crippen LogP contribution < -0.4 is 0 Å². The summed E-state index contributed by atoms with van der Waals surface area (Å²) in [7, 11) is 0. The summed E-state index contributed by atoms with van der Waals surface area (Å²) in [5.74, 6) is 0. The van der Waals surface area contributed by atoms with Crippen LogP contribution in [0.2, 0.25) is 0 Å². The van der Waals surface area contributed by atoms with Crippen molar-refractivity contribution < 1.29 is 14.6 Å². The van der Waals surface area contributed by atoms with Crippen LogP contribution in [0.5, 0.6) is 0 Å². The molecule has 1 heterocycles. The average Bonchev–Trinajstić information content (AvgIpc) is 2.40. The van der Waals surface area contributed by atoms with Crippen LogP contribution in [0.15, 0.2) is 24.3 Å². The molecule has 1 aliphatic rings. The van der Waals surface area contributed by atoms with Gasteiger partial charge in [0, 0.05) is 32.7 Å². The molecule has 0 spiro atoms. The van der Waals surface area contributed by atoms with Crippen LogP contribution in [0.25, 0.3) is 0 Å². The maximum absolute atomic E-state index is 10.7. The van der Waals surface area contributed by atoms with Gasteiger partial charge in [-0.3, -0.25) is 0 Å². The molecule has 3 nitrogen and oxygen atoms in total. The van der Waals surface area contributed by atoms with Crippen molar-refractivity contribution in [1.29, 1.82) is 0 Å². The van der Waals surface area contributed by atoms with Gasteiger partial charge in [-0.15, -0.1) is 0 Å². The third-order valence-electron chi connectivity index (χ3n) is 3.75. The van der Waals surface area contributed by atoms with Crippen LogP contribution in [-0.4, -0.2) is 30.5 Å². The number of hydrogen-bond acceptors (Lipinski definition) is 3. The molecule has 0 saturated carbocycles. The molecule has 100 valence electrons. The lowest BCUT2D eigenvalue weighted by molar-refractivity contribution is -0.168. The monoisotopic (exact) mass is 250 g/mol. The van der Waals surface area contributed by atoms with E-state index < -0.39 is 11.7 Å². The summed E-state index contributed by atoms with van der Waals surface area (Å²) in [5, 5.41) is 10.7. The maximum atomic E-state index is 10.7. The predicted molar refractivity (Wildman–Crippen MR) is 70.5 cm³/mol. The van der Waals surface area contributed by atoms with Crippen molar-refractivity contribution in [2.75, 3.05) is 19.8 Å². The van der Waals surface area contributed by atoms with Crippen molar-refractivity contribution in [1.82, 2.24) is 0 Å². The normalized spacial score (nSPS) is 20.6. The number of hydrogen-bond donors (Lipinski definition) is 1. The van der Waals surface area contributed by atoms with E-state index in [0.29, 0.717) is 19.8 Å². The van der Waals surface area contributed by atoms with Crippen LogP contribution >= 0.6 is 0 Å². The topological polar surface area (TPSA) is 38.7 Å². The summed E-state index contributed by atoms with van der Waals surface area (Å²) in [6, 6.07) is 7.96. The van der Waals surface area contributed by atoms with Crippen LogP contribution in [0.4, 0.5) is 0 Å².